The van der Waals surface area contributed by atoms with Crippen molar-refractivity contribution in [3.8, 4) is 0 Å². The van der Waals surface area contributed by atoms with Crippen LogP contribution in [0.1, 0.15) is 33.6 Å². The van der Waals surface area contributed by atoms with Crippen molar-refractivity contribution in [3.63, 3.8) is 0 Å². The Balaban J connectivity index is 0.00000324. The molecule has 0 aliphatic carbocycles. The second-order valence-corrected chi connectivity index (χ2v) is 6.44. The zero-order chi connectivity index (χ0) is 13.4. The molecule has 0 aromatic rings. The van der Waals surface area contributed by atoms with Crippen LogP contribution in [-0.2, 0) is 0 Å². The molecule has 19 heavy (non-hydrogen) atoms. The summed E-state index contributed by atoms with van der Waals surface area (Å²) in [7, 11) is 0. The highest BCUT2D eigenvalue weighted by atomic mass is 127. The first-order chi connectivity index (χ1) is 8.56. The van der Waals surface area contributed by atoms with E-state index in [-0.39, 0.29) is 24.0 Å². The van der Waals surface area contributed by atoms with E-state index in [1.165, 1.54) is 0 Å². The number of nitrogens with zero attached hydrogens (tertiary/aromatic N) is 1. The van der Waals surface area contributed by atoms with E-state index in [0.29, 0.717) is 12.5 Å². The Hall–Kier alpha value is 0.310. The smallest absolute Gasteiger partial charge is 0.191 e. The number of hydrogen-bond donors (Lipinski definition) is 3. The molecule has 4 nitrogen and oxygen atoms in total. The minimum atomic E-state index is -0.592. The molecule has 1 aliphatic rings. The van der Waals surface area contributed by atoms with E-state index in [1.807, 2.05) is 11.8 Å². The van der Waals surface area contributed by atoms with Crippen LogP contribution in [0.2, 0.25) is 0 Å². The molecule has 0 amide bonds. The van der Waals surface area contributed by atoms with Gasteiger partial charge >= 0.3 is 0 Å². The van der Waals surface area contributed by atoms with Crippen LogP contribution in [0.15, 0.2) is 4.99 Å². The molecule has 114 valence electrons. The standard InChI is InChI=1S/C13H27N3OS.HI/c1-4-14-12(15-7-5-11(2)3)16-9-13(17)6-8-18-10-13;/h11,17H,4-10H2,1-3H3,(H2,14,15,16);1H. The maximum absolute atomic E-state index is 10.2. The van der Waals surface area contributed by atoms with Crippen molar-refractivity contribution >= 4 is 41.7 Å². The Labute approximate surface area is 138 Å². The SMILES string of the molecule is CCNC(=NCC1(O)CCSC1)NCCC(C)C.I. The number of thioether (sulfide) groups is 1. The first-order valence-corrected chi connectivity index (χ1v) is 8.03. The van der Waals surface area contributed by atoms with Gasteiger partial charge in [0.1, 0.15) is 0 Å². The van der Waals surface area contributed by atoms with Gasteiger partial charge in [0.15, 0.2) is 5.96 Å². The molecular formula is C13H28IN3OS. The predicted molar refractivity (Wildman–Crippen MR) is 95.7 cm³/mol. The number of guanidine groups is 1. The minimum absolute atomic E-state index is 0. The molecule has 0 aromatic heterocycles. The summed E-state index contributed by atoms with van der Waals surface area (Å²) in [5, 5.41) is 16.8. The third-order valence-electron chi connectivity index (χ3n) is 2.97. The van der Waals surface area contributed by atoms with Crippen molar-refractivity contribution in [1.29, 1.82) is 0 Å². The van der Waals surface area contributed by atoms with Gasteiger partial charge in [-0.05, 0) is 31.4 Å². The first-order valence-electron chi connectivity index (χ1n) is 6.88. The van der Waals surface area contributed by atoms with Gasteiger partial charge in [-0.2, -0.15) is 11.8 Å². The quantitative estimate of drug-likeness (QED) is 0.363. The second-order valence-electron chi connectivity index (χ2n) is 5.33. The normalized spacial score (nSPS) is 23.3. The zero-order valence-corrected chi connectivity index (χ0v) is 15.4. The highest BCUT2D eigenvalue weighted by Gasteiger charge is 2.31. The summed E-state index contributed by atoms with van der Waals surface area (Å²) in [5.74, 6) is 3.37. The van der Waals surface area contributed by atoms with Crippen molar-refractivity contribution in [1.82, 2.24) is 10.6 Å². The van der Waals surface area contributed by atoms with Crippen LogP contribution in [-0.4, -0.2) is 47.8 Å². The molecule has 1 atom stereocenters. The van der Waals surface area contributed by atoms with Gasteiger partial charge in [-0.1, -0.05) is 13.8 Å². The van der Waals surface area contributed by atoms with Crippen molar-refractivity contribution in [2.45, 2.75) is 39.2 Å². The highest BCUT2D eigenvalue weighted by molar-refractivity contribution is 14.0. The van der Waals surface area contributed by atoms with Gasteiger partial charge in [0.25, 0.3) is 0 Å². The van der Waals surface area contributed by atoms with Crippen LogP contribution in [0.25, 0.3) is 0 Å². The van der Waals surface area contributed by atoms with Crippen molar-refractivity contribution in [2.75, 3.05) is 31.1 Å². The fourth-order valence-electron chi connectivity index (χ4n) is 1.77. The lowest BCUT2D eigenvalue weighted by Crippen LogP contribution is -2.40. The number of nitrogens with one attached hydrogen (secondary N) is 2. The third-order valence-corrected chi connectivity index (χ3v) is 4.21. The summed E-state index contributed by atoms with van der Waals surface area (Å²) in [6.45, 7) is 8.75. The molecule has 6 heteroatoms. The van der Waals surface area contributed by atoms with Gasteiger partial charge in [-0.15, -0.1) is 24.0 Å². The summed E-state index contributed by atoms with van der Waals surface area (Å²) >= 11 is 1.81. The van der Waals surface area contributed by atoms with Crippen LogP contribution < -0.4 is 10.6 Å². The van der Waals surface area contributed by atoms with E-state index in [4.69, 9.17) is 0 Å². The van der Waals surface area contributed by atoms with E-state index in [9.17, 15) is 5.11 Å². The van der Waals surface area contributed by atoms with Crippen LogP contribution in [0, 0.1) is 5.92 Å². The van der Waals surface area contributed by atoms with Gasteiger partial charge in [0.2, 0.25) is 0 Å². The van der Waals surface area contributed by atoms with E-state index in [1.54, 1.807) is 0 Å². The maximum Gasteiger partial charge on any atom is 0.191 e. The van der Waals surface area contributed by atoms with Crippen molar-refractivity contribution in [3.05, 3.63) is 0 Å². The molecular weight excluding hydrogens is 373 g/mol. The van der Waals surface area contributed by atoms with E-state index < -0.39 is 5.60 Å². The van der Waals surface area contributed by atoms with E-state index in [0.717, 1.165) is 43.4 Å². The van der Waals surface area contributed by atoms with Gasteiger partial charge in [-0.3, -0.25) is 4.99 Å². The maximum atomic E-state index is 10.2. The summed E-state index contributed by atoms with van der Waals surface area (Å²) in [5.41, 5.74) is -0.592. The third kappa shape index (κ3) is 8.24. The van der Waals surface area contributed by atoms with Gasteiger partial charge in [0.05, 0.1) is 12.1 Å². The topological polar surface area (TPSA) is 56.7 Å². The molecule has 1 fully saturated rings. The fraction of sp³-hybridized carbons (Fsp3) is 0.923. The molecule has 1 heterocycles. The van der Waals surface area contributed by atoms with Crippen LogP contribution >= 0.6 is 35.7 Å². The lowest BCUT2D eigenvalue weighted by molar-refractivity contribution is 0.0778. The largest absolute Gasteiger partial charge is 0.387 e. The number of aliphatic imine (C=N–C) groups is 1. The molecule has 0 spiro atoms. The zero-order valence-electron chi connectivity index (χ0n) is 12.2. The lowest BCUT2D eigenvalue weighted by atomic mass is 10.1. The summed E-state index contributed by atoms with van der Waals surface area (Å²) in [6, 6.07) is 0. The van der Waals surface area contributed by atoms with Gasteiger partial charge in [0, 0.05) is 18.8 Å². The predicted octanol–water partition coefficient (Wildman–Crippen LogP) is 2.07. The monoisotopic (exact) mass is 401 g/mol. The minimum Gasteiger partial charge on any atom is -0.387 e. The van der Waals surface area contributed by atoms with Crippen molar-refractivity contribution in [2.24, 2.45) is 10.9 Å². The summed E-state index contributed by atoms with van der Waals surface area (Å²) < 4.78 is 0. The Morgan fingerprint density at radius 3 is 2.68 bits per heavy atom. The second kappa shape index (κ2) is 10.1. The Kier molecular flexibility index (Phi) is 10.3. The molecule has 1 aliphatic heterocycles. The molecule has 0 radical (unpaired) electrons. The summed E-state index contributed by atoms with van der Waals surface area (Å²) in [4.78, 5) is 4.50. The molecule has 0 bridgehead atoms. The van der Waals surface area contributed by atoms with Gasteiger partial charge < -0.3 is 15.7 Å². The lowest BCUT2D eigenvalue weighted by Gasteiger charge is -2.20. The van der Waals surface area contributed by atoms with Crippen molar-refractivity contribution < 1.29 is 5.11 Å². The Bertz CT molecular complexity index is 269. The molecule has 0 aromatic carbocycles. The van der Waals surface area contributed by atoms with Crippen LogP contribution in [0.5, 0.6) is 0 Å². The molecule has 3 N–H and O–H groups in total. The number of aliphatic hydroxyl groups is 1. The van der Waals surface area contributed by atoms with Crippen LogP contribution in [0.4, 0.5) is 0 Å². The molecule has 1 saturated heterocycles. The molecule has 1 unspecified atom stereocenters. The average Bonchev–Trinajstić information content (AvgIpc) is 2.73. The number of halogens is 1. The first kappa shape index (κ1) is 19.3. The summed E-state index contributed by atoms with van der Waals surface area (Å²) in [6.07, 6.45) is 1.98. The van der Waals surface area contributed by atoms with E-state index in [2.05, 4.69) is 36.4 Å². The average molecular weight is 401 g/mol. The fourth-order valence-corrected chi connectivity index (χ4v) is 3.05. The molecule has 1 rings (SSSR count). The number of hydrogen-bond acceptors (Lipinski definition) is 3. The van der Waals surface area contributed by atoms with E-state index >= 15 is 0 Å². The molecule has 0 saturated carbocycles. The highest BCUT2D eigenvalue weighted by Crippen LogP contribution is 2.27. The van der Waals surface area contributed by atoms with Gasteiger partial charge in [-0.25, -0.2) is 0 Å². The number of rotatable bonds is 6. The Morgan fingerprint density at radius 2 is 2.16 bits per heavy atom. The van der Waals surface area contributed by atoms with Crippen LogP contribution in [0.3, 0.4) is 0 Å². The Morgan fingerprint density at radius 1 is 1.42 bits per heavy atom.